The number of hydrogen-bond donors (Lipinski definition) is 0. The minimum Gasteiger partial charge on any atom is -0.446 e. The molecule has 0 radical (unpaired) electrons. The molecular weight excluding hydrogens is 266 g/mol. The first kappa shape index (κ1) is 16.1. The molecule has 0 spiro atoms. The molecule has 21 heavy (non-hydrogen) atoms. The van der Waals surface area contributed by atoms with Crippen LogP contribution in [0.25, 0.3) is 0 Å². The standard InChI is InChI=1S/C16H27N3O2/c1-12(2)15-6-9-19(11-13(15)10-17)16(20)21-14-4-7-18(3)8-5-14/h12-15H,4-9,11H2,1-3H3. The average Bonchev–Trinajstić information content (AvgIpc) is 2.48. The minimum atomic E-state index is -0.230. The van der Waals surface area contributed by atoms with Gasteiger partial charge in [0.15, 0.2) is 0 Å². The molecule has 2 rings (SSSR count). The van der Waals surface area contributed by atoms with Gasteiger partial charge in [-0.15, -0.1) is 0 Å². The normalized spacial score (nSPS) is 28.4. The van der Waals surface area contributed by atoms with Gasteiger partial charge in [-0.25, -0.2) is 4.79 Å². The second kappa shape index (κ2) is 7.13. The summed E-state index contributed by atoms with van der Waals surface area (Å²) in [7, 11) is 2.09. The van der Waals surface area contributed by atoms with Gasteiger partial charge in [-0.05, 0) is 38.1 Å². The third kappa shape index (κ3) is 4.10. The first-order chi connectivity index (χ1) is 10.0. The molecule has 2 atom stereocenters. The number of hydrogen-bond acceptors (Lipinski definition) is 4. The van der Waals surface area contributed by atoms with Crippen molar-refractivity contribution in [3.8, 4) is 6.07 Å². The maximum atomic E-state index is 12.3. The number of piperidine rings is 2. The van der Waals surface area contributed by atoms with Crippen molar-refractivity contribution >= 4 is 6.09 Å². The summed E-state index contributed by atoms with van der Waals surface area (Å²) in [6, 6.07) is 2.37. The number of carbonyl (C=O) groups is 1. The number of likely N-dealkylation sites (tertiary alicyclic amines) is 2. The van der Waals surface area contributed by atoms with Crippen LogP contribution in [0.3, 0.4) is 0 Å². The maximum Gasteiger partial charge on any atom is 0.410 e. The van der Waals surface area contributed by atoms with Crippen molar-refractivity contribution in [2.75, 3.05) is 33.2 Å². The zero-order valence-electron chi connectivity index (χ0n) is 13.4. The molecule has 2 saturated heterocycles. The highest BCUT2D eigenvalue weighted by Crippen LogP contribution is 2.30. The van der Waals surface area contributed by atoms with Gasteiger partial charge in [-0.1, -0.05) is 13.8 Å². The van der Waals surface area contributed by atoms with Crippen LogP contribution < -0.4 is 0 Å². The third-order valence-electron chi connectivity index (χ3n) is 4.88. The lowest BCUT2D eigenvalue weighted by atomic mass is 9.79. The molecule has 0 aliphatic carbocycles. The lowest BCUT2D eigenvalue weighted by molar-refractivity contribution is 0.0197. The SMILES string of the molecule is CC(C)C1CCN(C(=O)OC2CCN(C)CC2)CC1C#N. The number of nitrogens with zero attached hydrogens (tertiary/aromatic N) is 3. The van der Waals surface area contributed by atoms with Crippen LogP contribution >= 0.6 is 0 Å². The van der Waals surface area contributed by atoms with Crippen LogP contribution in [-0.4, -0.2) is 55.2 Å². The summed E-state index contributed by atoms with van der Waals surface area (Å²) in [6.45, 7) is 7.50. The fourth-order valence-corrected chi connectivity index (χ4v) is 3.39. The van der Waals surface area contributed by atoms with Gasteiger partial charge in [0, 0.05) is 26.2 Å². The van der Waals surface area contributed by atoms with E-state index in [4.69, 9.17) is 4.74 Å². The number of amides is 1. The van der Waals surface area contributed by atoms with Gasteiger partial charge >= 0.3 is 6.09 Å². The number of rotatable bonds is 2. The van der Waals surface area contributed by atoms with E-state index in [1.807, 2.05) is 0 Å². The molecule has 1 amide bonds. The Balaban J connectivity index is 1.85. The van der Waals surface area contributed by atoms with Gasteiger partial charge in [0.05, 0.1) is 12.0 Å². The molecule has 2 heterocycles. The van der Waals surface area contributed by atoms with Gasteiger partial charge in [0.1, 0.15) is 6.10 Å². The van der Waals surface area contributed by atoms with Crippen molar-refractivity contribution in [2.24, 2.45) is 17.8 Å². The molecule has 5 heteroatoms. The Kier molecular flexibility index (Phi) is 5.46. The monoisotopic (exact) mass is 293 g/mol. The quantitative estimate of drug-likeness (QED) is 0.784. The molecule has 2 unspecified atom stereocenters. The summed E-state index contributed by atoms with van der Waals surface area (Å²) in [5.41, 5.74) is 0. The summed E-state index contributed by atoms with van der Waals surface area (Å²) in [6.07, 6.45) is 2.53. The molecule has 0 saturated carbocycles. The highest BCUT2D eigenvalue weighted by Gasteiger charge is 2.34. The highest BCUT2D eigenvalue weighted by atomic mass is 16.6. The zero-order valence-corrected chi connectivity index (χ0v) is 13.4. The first-order valence-electron chi connectivity index (χ1n) is 8.05. The van der Waals surface area contributed by atoms with Gasteiger partial charge in [-0.3, -0.25) is 0 Å². The lowest BCUT2D eigenvalue weighted by Crippen LogP contribution is -2.46. The molecule has 0 N–H and O–H groups in total. The summed E-state index contributed by atoms with van der Waals surface area (Å²) >= 11 is 0. The van der Waals surface area contributed by atoms with Crippen molar-refractivity contribution in [2.45, 2.75) is 39.2 Å². The Morgan fingerprint density at radius 1 is 1.24 bits per heavy atom. The summed E-state index contributed by atoms with van der Waals surface area (Å²) in [5.74, 6) is 0.813. The topological polar surface area (TPSA) is 56.6 Å². The number of nitriles is 1. The molecule has 2 aliphatic rings. The molecule has 0 bridgehead atoms. The second-order valence-electron chi connectivity index (χ2n) is 6.76. The smallest absolute Gasteiger partial charge is 0.410 e. The van der Waals surface area contributed by atoms with Crippen molar-refractivity contribution in [3.63, 3.8) is 0 Å². The Morgan fingerprint density at radius 2 is 1.90 bits per heavy atom. The Labute approximate surface area is 127 Å². The van der Waals surface area contributed by atoms with Crippen LogP contribution in [0.2, 0.25) is 0 Å². The third-order valence-corrected chi connectivity index (χ3v) is 4.88. The van der Waals surface area contributed by atoms with Gasteiger partial charge in [-0.2, -0.15) is 5.26 Å². The van der Waals surface area contributed by atoms with Gasteiger partial charge in [0.2, 0.25) is 0 Å². The Hall–Kier alpha value is -1.28. The highest BCUT2D eigenvalue weighted by molar-refractivity contribution is 5.68. The van der Waals surface area contributed by atoms with Crippen LogP contribution in [0.1, 0.15) is 33.1 Å². The molecule has 118 valence electrons. The predicted octanol–water partition coefficient (Wildman–Crippen LogP) is 2.33. The molecule has 0 aromatic rings. The van der Waals surface area contributed by atoms with E-state index >= 15 is 0 Å². The van der Waals surface area contributed by atoms with Gasteiger partial charge < -0.3 is 14.5 Å². The molecule has 2 fully saturated rings. The Morgan fingerprint density at radius 3 is 2.48 bits per heavy atom. The van der Waals surface area contributed by atoms with Crippen LogP contribution in [0.5, 0.6) is 0 Å². The van der Waals surface area contributed by atoms with E-state index in [0.717, 1.165) is 32.4 Å². The maximum absolute atomic E-state index is 12.3. The van der Waals surface area contributed by atoms with Crippen molar-refractivity contribution in [1.29, 1.82) is 5.26 Å². The summed E-state index contributed by atoms with van der Waals surface area (Å²) < 4.78 is 5.62. The largest absolute Gasteiger partial charge is 0.446 e. The average molecular weight is 293 g/mol. The van der Waals surface area contributed by atoms with E-state index in [0.29, 0.717) is 24.9 Å². The van der Waals surface area contributed by atoms with Crippen LogP contribution in [0, 0.1) is 29.1 Å². The number of ether oxygens (including phenoxy) is 1. The molecule has 0 aromatic heterocycles. The van der Waals surface area contributed by atoms with E-state index in [2.05, 4.69) is 31.9 Å². The lowest BCUT2D eigenvalue weighted by Gasteiger charge is -2.38. The summed E-state index contributed by atoms with van der Waals surface area (Å²) in [5, 5.41) is 9.33. The fraction of sp³-hybridized carbons (Fsp3) is 0.875. The number of carbonyl (C=O) groups excluding carboxylic acids is 1. The van der Waals surface area contributed by atoms with E-state index in [1.54, 1.807) is 4.90 Å². The van der Waals surface area contributed by atoms with Crippen molar-refractivity contribution in [3.05, 3.63) is 0 Å². The summed E-state index contributed by atoms with van der Waals surface area (Å²) in [4.78, 5) is 16.2. The van der Waals surface area contributed by atoms with Crippen molar-refractivity contribution in [1.82, 2.24) is 9.80 Å². The molecule has 2 aliphatic heterocycles. The van der Waals surface area contributed by atoms with Gasteiger partial charge in [0.25, 0.3) is 0 Å². The predicted molar refractivity (Wildman–Crippen MR) is 80.6 cm³/mol. The zero-order chi connectivity index (χ0) is 15.4. The Bertz CT molecular complexity index is 397. The molecule has 0 aromatic carbocycles. The van der Waals surface area contributed by atoms with Crippen LogP contribution in [-0.2, 0) is 4.74 Å². The first-order valence-corrected chi connectivity index (χ1v) is 8.05. The van der Waals surface area contributed by atoms with E-state index in [9.17, 15) is 10.1 Å². The molecular formula is C16H27N3O2. The fourth-order valence-electron chi connectivity index (χ4n) is 3.39. The van der Waals surface area contributed by atoms with E-state index < -0.39 is 0 Å². The van der Waals surface area contributed by atoms with Crippen LogP contribution in [0.4, 0.5) is 4.79 Å². The van der Waals surface area contributed by atoms with Crippen molar-refractivity contribution < 1.29 is 9.53 Å². The second-order valence-corrected chi connectivity index (χ2v) is 6.76. The van der Waals surface area contributed by atoms with E-state index in [1.165, 1.54) is 0 Å². The van der Waals surface area contributed by atoms with E-state index in [-0.39, 0.29) is 18.1 Å². The molecule has 5 nitrogen and oxygen atoms in total. The van der Waals surface area contributed by atoms with Crippen LogP contribution in [0.15, 0.2) is 0 Å². The minimum absolute atomic E-state index is 0.0389.